The zero-order valence-corrected chi connectivity index (χ0v) is 10.8. The predicted molar refractivity (Wildman–Crippen MR) is 68.7 cm³/mol. The fourth-order valence-corrected chi connectivity index (χ4v) is 1.28. The number of ketones is 1. The zero-order valence-electron chi connectivity index (χ0n) is 10.8. The standard InChI is InChI=1S/C14H22O3/c1-4-7-9-12(13(15)10-8-5-2)14(16)17-11-6-3/h6,9H,3-5,7-8,10-11H2,1-2H3/b12-9-. The van der Waals surface area contributed by atoms with Crippen molar-refractivity contribution in [3.63, 3.8) is 0 Å². The number of hydrogen-bond acceptors (Lipinski definition) is 3. The van der Waals surface area contributed by atoms with Crippen LogP contribution in [0, 0.1) is 0 Å². The summed E-state index contributed by atoms with van der Waals surface area (Å²) in [5, 5.41) is 0. The van der Waals surface area contributed by atoms with Crippen LogP contribution in [-0.4, -0.2) is 18.4 Å². The Kier molecular flexibility index (Phi) is 9.02. The van der Waals surface area contributed by atoms with Crippen LogP contribution < -0.4 is 0 Å². The van der Waals surface area contributed by atoms with Crippen molar-refractivity contribution in [3.05, 3.63) is 24.3 Å². The van der Waals surface area contributed by atoms with Gasteiger partial charge in [0, 0.05) is 6.42 Å². The van der Waals surface area contributed by atoms with E-state index in [1.54, 1.807) is 6.08 Å². The maximum Gasteiger partial charge on any atom is 0.341 e. The first kappa shape index (κ1) is 15.6. The maximum atomic E-state index is 11.8. The lowest BCUT2D eigenvalue weighted by atomic mass is 10.0. The molecule has 0 unspecified atom stereocenters. The van der Waals surface area contributed by atoms with Crippen molar-refractivity contribution in [2.45, 2.75) is 46.0 Å². The van der Waals surface area contributed by atoms with Crippen LogP contribution in [0.1, 0.15) is 46.0 Å². The molecule has 0 bridgehead atoms. The quantitative estimate of drug-likeness (QED) is 0.204. The number of carbonyl (C=O) groups excluding carboxylic acids is 2. The molecular formula is C14H22O3. The number of allylic oxidation sites excluding steroid dienone is 1. The molecule has 17 heavy (non-hydrogen) atoms. The van der Waals surface area contributed by atoms with E-state index in [4.69, 9.17) is 4.74 Å². The van der Waals surface area contributed by atoms with Crippen LogP contribution in [0.2, 0.25) is 0 Å². The minimum Gasteiger partial charge on any atom is -0.458 e. The first-order valence-electron chi connectivity index (χ1n) is 6.18. The molecule has 0 aromatic rings. The van der Waals surface area contributed by atoms with E-state index in [0.29, 0.717) is 6.42 Å². The van der Waals surface area contributed by atoms with Gasteiger partial charge in [-0.25, -0.2) is 4.79 Å². The number of carbonyl (C=O) groups is 2. The summed E-state index contributed by atoms with van der Waals surface area (Å²) in [5.41, 5.74) is 0.196. The molecule has 96 valence electrons. The minimum atomic E-state index is -0.528. The van der Waals surface area contributed by atoms with Crippen molar-refractivity contribution in [2.24, 2.45) is 0 Å². The first-order valence-corrected chi connectivity index (χ1v) is 6.18. The molecule has 0 spiro atoms. The van der Waals surface area contributed by atoms with E-state index >= 15 is 0 Å². The summed E-state index contributed by atoms with van der Waals surface area (Å²) >= 11 is 0. The van der Waals surface area contributed by atoms with Gasteiger partial charge in [-0.05, 0) is 12.8 Å². The third-order valence-electron chi connectivity index (χ3n) is 2.25. The molecule has 0 amide bonds. The highest BCUT2D eigenvalue weighted by Crippen LogP contribution is 2.09. The molecule has 0 aliphatic heterocycles. The third kappa shape index (κ3) is 6.72. The average Bonchev–Trinajstić information content (AvgIpc) is 2.34. The summed E-state index contributed by atoms with van der Waals surface area (Å²) in [6.07, 6.45) is 6.95. The Hall–Kier alpha value is -1.38. The topological polar surface area (TPSA) is 43.4 Å². The van der Waals surface area contributed by atoms with E-state index < -0.39 is 5.97 Å². The molecule has 0 saturated heterocycles. The van der Waals surface area contributed by atoms with Gasteiger partial charge in [0.1, 0.15) is 6.61 Å². The molecule has 3 heteroatoms. The summed E-state index contributed by atoms with van der Waals surface area (Å²) in [5.74, 6) is -0.645. The number of hydrogen-bond donors (Lipinski definition) is 0. The molecule has 0 aliphatic carbocycles. The molecule has 0 N–H and O–H groups in total. The van der Waals surface area contributed by atoms with Gasteiger partial charge in [0.15, 0.2) is 5.78 Å². The Labute approximate surface area is 104 Å². The molecule has 0 saturated carbocycles. The van der Waals surface area contributed by atoms with Crippen LogP contribution in [0.4, 0.5) is 0 Å². The second-order valence-corrected chi connectivity index (χ2v) is 3.82. The summed E-state index contributed by atoms with van der Waals surface area (Å²) in [7, 11) is 0. The lowest BCUT2D eigenvalue weighted by Crippen LogP contribution is -2.16. The molecule has 0 aromatic carbocycles. The molecule has 0 fully saturated rings. The van der Waals surface area contributed by atoms with Crippen LogP contribution in [0.25, 0.3) is 0 Å². The second-order valence-electron chi connectivity index (χ2n) is 3.82. The second kappa shape index (κ2) is 9.82. The zero-order chi connectivity index (χ0) is 13.1. The highest BCUT2D eigenvalue weighted by Gasteiger charge is 2.18. The van der Waals surface area contributed by atoms with Crippen LogP contribution in [0.5, 0.6) is 0 Å². The minimum absolute atomic E-state index is 0.116. The van der Waals surface area contributed by atoms with Gasteiger partial charge in [-0.2, -0.15) is 0 Å². The summed E-state index contributed by atoms with van der Waals surface area (Å²) in [6.45, 7) is 7.62. The van der Waals surface area contributed by atoms with E-state index in [9.17, 15) is 9.59 Å². The number of ether oxygens (including phenoxy) is 1. The van der Waals surface area contributed by atoms with Crippen molar-refractivity contribution in [2.75, 3.05) is 6.61 Å². The monoisotopic (exact) mass is 238 g/mol. The van der Waals surface area contributed by atoms with Gasteiger partial charge in [0.25, 0.3) is 0 Å². The van der Waals surface area contributed by atoms with Crippen molar-refractivity contribution in [3.8, 4) is 0 Å². The van der Waals surface area contributed by atoms with Gasteiger partial charge in [-0.3, -0.25) is 4.79 Å². The Balaban J connectivity index is 4.56. The molecule has 3 nitrogen and oxygen atoms in total. The highest BCUT2D eigenvalue weighted by molar-refractivity contribution is 6.17. The number of unbranched alkanes of at least 4 members (excludes halogenated alkanes) is 2. The van der Waals surface area contributed by atoms with Crippen molar-refractivity contribution < 1.29 is 14.3 Å². The van der Waals surface area contributed by atoms with Crippen molar-refractivity contribution >= 4 is 11.8 Å². The lowest BCUT2D eigenvalue weighted by Gasteiger charge is -2.06. The maximum absolute atomic E-state index is 11.8. The SMILES string of the molecule is C=CCOC(=O)/C(=C\CCC)C(=O)CCCC. The number of rotatable bonds is 9. The van der Waals surface area contributed by atoms with Crippen molar-refractivity contribution in [1.29, 1.82) is 0 Å². The van der Waals surface area contributed by atoms with Gasteiger partial charge in [0.05, 0.1) is 5.57 Å². The van der Waals surface area contributed by atoms with E-state index in [2.05, 4.69) is 6.58 Å². The van der Waals surface area contributed by atoms with E-state index in [0.717, 1.165) is 25.7 Å². The van der Waals surface area contributed by atoms with Gasteiger partial charge < -0.3 is 4.74 Å². The van der Waals surface area contributed by atoms with E-state index in [-0.39, 0.29) is 18.0 Å². The Morgan fingerprint density at radius 2 is 1.94 bits per heavy atom. The van der Waals surface area contributed by atoms with E-state index in [1.165, 1.54) is 6.08 Å². The highest BCUT2D eigenvalue weighted by atomic mass is 16.5. The molecule has 0 aromatic heterocycles. The van der Waals surface area contributed by atoms with Gasteiger partial charge in [-0.1, -0.05) is 45.4 Å². The predicted octanol–water partition coefficient (Wildman–Crippen LogP) is 3.20. The average molecular weight is 238 g/mol. The molecule has 0 rings (SSSR count). The largest absolute Gasteiger partial charge is 0.458 e. The number of esters is 1. The molecule has 0 heterocycles. The van der Waals surface area contributed by atoms with E-state index in [1.807, 2.05) is 13.8 Å². The molecule has 0 radical (unpaired) electrons. The fourth-order valence-electron chi connectivity index (χ4n) is 1.28. The van der Waals surface area contributed by atoms with Crippen LogP contribution in [0.3, 0.4) is 0 Å². The summed E-state index contributed by atoms with van der Waals surface area (Å²) in [4.78, 5) is 23.5. The Bertz CT molecular complexity index is 290. The van der Waals surface area contributed by atoms with Gasteiger partial charge >= 0.3 is 5.97 Å². The van der Waals surface area contributed by atoms with Crippen LogP contribution in [-0.2, 0) is 14.3 Å². The Morgan fingerprint density at radius 3 is 2.47 bits per heavy atom. The molecule has 0 aliphatic rings. The van der Waals surface area contributed by atoms with Crippen LogP contribution in [0.15, 0.2) is 24.3 Å². The third-order valence-corrected chi connectivity index (χ3v) is 2.25. The Morgan fingerprint density at radius 1 is 1.24 bits per heavy atom. The summed E-state index contributed by atoms with van der Waals surface area (Å²) in [6, 6.07) is 0. The lowest BCUT2D eigenvalue weighted by molar-refractivity contribution is -0.139. The van der Waals surface area contributed by atoms with Crippen molar-refractivity contribution in [1.82, 2.24) is 0 Å². The molecular weight excluding hydrogens is 216 g/mol. The first-order chi connectivity index (χ1) is 8.17. The van der Waals surface area contributed by atoms with Gasteiger partial charge in [0.2, 0.25) is 0 Å². The summed E-state index contributed by atoms with van der Waals surface area (Å²) < 4.78 is 4.91. The fraction of sp³-hybridized carbons (Fsp3) is 0.571. The smallest absolute Gasteiger partial charge is 0.341 e. The van der Waals surface area contributed by atoms with Gasteiger partial charge in [-0.15, -0.1) is 0 Å². The molecule has 0 atom stereocenters. The normalized spacial score (nSPS) is 11.1. The number of Topliss-reactive ketones (excluding diaryl/α,β-unsaturated/α-hetero) is 1. The van der Waals surface area contributed by atoms with Crippen LogP contribution >= 0.6 is 0 Å².